The summed E-state index contributed by atoms with van der Waals surface area (Å²) in [5, 5.41) is 3.05. The van der Waals surface area contributed by atoms with E-state index >= 15 is 0 Å². The number of rotatable bonds is 5. The maximum Gasteiger partial charge on any atom is 0.322 e. The predicted octanol–water partition coefficient (Wildman–Crippen LogP) is 3.49. The van der Waals surface area contributed by atoms with Crippen LogP contribution in [0, 0.1) is 0 Å². The van der Waals surface area contributed by atoms with Crippen LogP contribution in [0.1, 0.15) is 45.4 Å². The largest absolute Gasteiger partial charge is 0.497 e. The minimum absolute atomic E-state index is 0.0864. The molecule has 1 N–H and O–H groups in total. The number of hydrogen-bond acceptors (Lipinski definition) is 4. The van der Waals surface area contributed by atoms with Crippen LogP contribution in [0.25, 0.3) is 0 Å². The van der Waals surface area contributed by atoms with E-state index in [0.717, 1.165) is 38.5 Å². The number of nitrogens with one attached hydrogen (secondary N) is 1. The SMILES string of the molecule is COc1ccc(NC(=O)N(C2CCCC2)C2CCN(C(C)=O)CC2)c(OC)c1. The van der Waals surface area contributed by atoms with Crippen molar-refractivity contribution in [3.63, 3.8) is 0 Å². The Balaban J connectivity index is 1.75. The van der Waals surface area contributed by atoms with Crippen molar-refractivity contribution in [2.45, 2.75) is 57.5 Å². The Morgan fingerprint density at radius 3 is 2.25 bits per heavy atom. The summed E-state index contributed by atoms with van der Waals surface area (Å²) < 4.78 is 10.7. The lowest BCUT2D eigenvalue weighted by molar-refractivity contribution is -0.130. The van der Waals surface area contributed by atoms with Gasteiger partial charge in [-0.1, -0.05) is 12.8 Å². The summed E-state index contributed by atoms with van der Waals surface area (Å²) in [6.45, 7) is 3.03. The summed E-state index contributed by atoms with van der Waals surface area (Å²) in [7, 11) is 3.18. The lowest BCUT2D eigenvalue weighted by Gasteiger charge is -2.41. The molecule has 0 spiro atoms. The monoisotopic (exact) mass is 389 g/mol. The predicted molar refractivity (Wildman–Crippen MR) is 108 cm³/mol. The number of piperidine rings is 1. The zero-order valence-corrected chi connectivity index (χ0v) is 17.1. The molecule has 1 saturated heterocycles. The standard InChI is InChI=1S/C21H31N3O4/c1-15(25)23-12-10-17(11-13-23)24(16-6-4-5-7-16)21(26)22-19-9-8-18(27-2)14-20(19)28-3/h8-9,14,16-17H,4-7,10-13H2,1-3H3,(H,22,26). The number of ether oxygens (including phenoxy) is 2. The van der Waals surface area contributed by atoms with Gasteiger partial charge < -0.3 is 24.6 Å². The van der Waals surface area contributed by atoms with Gasteiger partial charge in [0, 0.05) is 38.2 Å². The third kappa shape index (κ3) is 4.51. The van der Waals surface area contributed by atoms with E-state index in [1.165, 1.54) is 0 Å². The molecule has 0 atom stereocenters. The number of carbonyl (C=O) groups is 2. The molecule has 2 aliphatic rings. The minimum atomic E-state index is -0.0864. The van der Waals surface area contributed by atoms with E-state index in [1.54, 1.807) is 33.3 Å². The van der Waals surface area contributed by atoms with Gasteiger partial charge in [0.2, 0.25) is 5.91 Å². The van der Waals surface area contributed by atoms with Crippen LogP contribution in [0.15, 0.2) is 18.2 Å². The zero-order valence-electron chi connectivity index (χ0n) is 17.1. The first-order valence-electron chi connectivity index (χ1n) is 10.1. The highest BCUT2D eigenvalue weighted by molar-refractivity contribution is 5.91. The van der Waals surface area contributed by atoms with Crippen LogP contribution >= 0.6 is 0 Å². The fourth-order valence-corrected chi connectivity index (χ4v) is 4.35. The van der Waals surface area contributed by atoms with E-state index in [-0.39, 0.29) is 24.0 Å². The average Bonchev–Trinajstić information content (AvgIpc) is 3.23. The number of amides is 3. The van der Waals surface area contributed by atoms with E-state index in [9.17, 15) is 9.59 Å². The van der Waals surface area contributed by atoms with Gasteiger partial charge in [0.05, 0.1) is 19.9 Å². The second kappa shape index (κ2) is 9.17. The number of benzene rings is 1. The van der Waals surface area contributed by atoms with Gasteiger partial charge in [-0.15, -0.1) is 0 Å². The Kier molecular flexibility index (Phi) is 6.65. The molecule has 28 heavy (non-hydrogen) atoms. The van der Waals surface area contributed by atoms with Crippen molar-refractivity contribution < 1.29 is 19.1 Å². The molecule has 154 valence electrons. The molecule has 7 heteroatoms. The molecular weight excluding hydrogens is 358 g/mol. The quantitative estimate of drug-likeness (QED) is 0.837. The van der Waals surface area contributed by atoms with Gasteiger partial charge in [0.1, 0.15) is 11.5 Å². The highest BCUT2D eigenvalue weighted by Crippen LogP contribution is 2.32. The maximum atomic E-state index is 13.3. The number of methoxy groups -OCH3 is 2. The van der Waals surface area contributed by atoms with Crippen molar-refractivity contribution in [1.82, 2.24) is 9.80 Å². The van der Waals surface area contributed by atoms with Crippen molar-refractivity contribution in [2.75, 3.05) is 32.6 Å². The third-order valence-corrected chi connectivity index (χ3v) is 5.91. The Morgan fingerprint density at radius 1 is 1.04 bits per heavy atom. The number of urea groups is 1. The van der Waals surface area contributed by atoms with Crippen LogP contribution in [0.2, 0.25) is 0 Å². The van der Waals surface area contributed by atoms with Crippen LogP contribution < -0.4 is 14.8 Å². The number of nitrogens with zero attached hydrogens (tertiary/aromatic N) is 2. The number of hydrogen-bond donors (Lipinski definition) is 1. The summed E-state index contributed by atoms with van der Waals surface area (Å²) in [4.78, 5) is 28.8. The van der Waals surface area contributed by atoms with Crippen LogP contribution in [0.4, 0.5) is 10.5 Å². The molecule has 0 unspecified atom stereocenters. The molecule has 1 heterocycles. The lowest BCUT2D eigenvalue weighted by atomic mass is 10.0. The van der Waals surface area contributed by atoms with Gasteiger partial charge in [-0.2, -0.15) is 0 Å². The van der Waals surface area contributed by atoms with Crippen molar-refractivity contribution in [2.24, 2.45) is 0 Å². The molecule has 0 aromatic heterocycles. The van der Waals surface area contributed by atoms with Crippen LogP contribution in [-0.2, 0) is 4.79 Å². The molecule has 7 nitrogen and oxygen atoms in total. The molecule has 1 aliphatic heterocycles. The highest BCUT2D eigenvalue weighted by atomic mass is 16.5. The number of carbonyl (C=O) groups excluding carboxylic acids is 2. The summed E-state index contributed by atoms with van der Waals surface area (Å²) in [6.07, 6.45) is 6.05. The zero-order chi connectivity index (χ0) is 20.1. The van der Waals surface area contributed by atoms with Gasteiger partial charge in [0.25, 0.3) is 0 Å². The smallest absolute Gasteiger partial charge is 0.322 e. The van der Waals surface area contributed by atoms with Crippen molar-refractivity contribution in [1.29, 1.82) is 0 Å². The first-order chi connectivity index (χ1) is 13.5. The van der Waals surface area contributed by atoms with Gasteiger partial charge >= 0.3 is 6.03 Å². The van der Waals surface area contributed by atoms with Crippen LogP contribution in [-0.4, -0.2) is 61.1 Å². The first-order valence-corrected chi connectivity index (χ1v) is 10.1. The summed E-state index contributed by atoms with van der Waals surface area (Å²) in [5.41, 5.74) is 0.637. The molecule has 0 radical (unpaired) electrons. The topological polar surface area (TPSA) is 71.1 Å². The first kappa shape index (κ1) is 20.3. The Morgan fingerprint density at radius 2 is 1.68 bits per heavy atom. The maximum absolute atomic E-state index is 13.3. The fraction of sp³-hybridized carbons (Fsp3) is 0.619. The van der Waals surface area contributed by atoms with Gasteiger partial charge in [-0.25, -0.2) is 4.79 Å². The van der Waals surface area contributed by atoms with E-state index in [2.05, 4.69) is 5.32 Å². The molecule has 1 aromatic rings. The van der Waals surface area contributed by atoms with E-state index in [0.29, 0.717) is 30.3 Å². The molecule has 1 aromatic carbocycles. The molecular formula is C21H31N3O4. The van der Waals surface area contributed by atoms with Crippen LogP contribution in [0.5, 0.6) is 11.5 Å². The third-order valence-electron chi connectivity index (χ3n) is 5.91. The van der Waals surface area contributed by atoms with Crippen LogP contribution in [0.3, 0.4) is 0 Å². The highest BCUT2D eigenvalue weighted by Gasteiger charge is 2.35. The molecule has 2 fully saturated rings. The molecule has 1 aliphatic carbocycles. The minimum Gasteiger partial charge on any atom is -0.497 e. The second-order valence-corrected chi connectivity index (χ2v) is 7.58. The lowest BCUT2D eigenvalue weighted by Crippen LogP contribution is -2.53. The number of anilines is 1. The molecule has 3 amide bonds. The van der Waals surface area contributed by atoms with Crippen molar-refractivity contribution in [3.05, 3.63) is 18.2 Å². The Hall–Kier alpha value is -2.44. The van der Waals surface area contributed by atoms with Gasteiger partial charge in [-0.05, 0) is 37.8 Å². The van der Waals surface area contributed by atoms with E-state index < -0.39 is 0 Å². The Labute approximate surface area is 167 Å². The van der Waals surface area contributed by atoms with E-state index in [4.69, 9.17) is 9.47 Å². The molecule has 3 rings (SSSR count). The average molecular weight is 389 g/mol. The normalized spacial score (nSPS) is 18.0. The Bertz CT molecular complexity index is 695. The number of likely N-dealkylation sites (tertiary alicyclic amines) is 1. The van der Waals surface area contributed by atoms with Gasteiger partial charge in [-0.3, -0.25) is 4.79 Å². The van der Waals surface area contributed by atoms with Crippen molar-refractivity contribution >= 4 is 17.6 Å². The summed E-state index contributed by atoms with van der Waals surface area (Å²) in [5.74, 6) is 1.36. The van der Waals surface area contributed by atoms with Crippen molar-refractivity contribution in [3.8, 4) is 11.5 Å². The second-order valence-electron chi connectivity index (χ2n) is 7.58. The molecule has 1 saturated carbocycles. The summed E-state index contributed by atoms with van der Waals surface area (Å²) >= 11 is 0. The fourth-order valence-electron chi connectivity index (χ4n) is 4.35. The molecule has 0 bridgehead atoms. The van der Waals surface area contributed by atoms with Gasteiger partial charge in [0.15, 0.2) is 0 Å². The van der Waals surface area contributed by atoms with E-state index in [1.807, 2.05) is 15.9 Å². The summed E-state index contributed by atoms with van der Waals surface area (Å²) in [6, 6.07) is 5.71.